The number of carbonyl (C=O) groups is 1. The van der Waals surface area contributed by atoms with Gasteiger partial charge in [0.2, 0.25) is 0 Å². The predicted molar refractivity (Wildman–Crippen MR) is 62.7 cm³/mol. The number of nitrogens with one attached hydrogen (secondary N) is 1. The van der Waals surface area contributed by atoms with Crippen LogP contribution in [-0.2, 0) is 16.1 Å². The highest BCUT2D eigenvalue weighted by molar-refractivity contribution is 5.75. The first-order chi connectivity index (χ1) is 8.21. The molecule has 0 radical (unpaired) electrons. The standard InChI is InChI=1S/C12H17NO4/c1-16-10-5-3-9(4-6-10)7-13-11(8-14)12(15)17-2/h3-6,11,13-14H,7-8H2,1-2H3. The Morgan fingerprint density at radius 3 is 2.47 bits per heavy atom. The number of hydrogen-bond acceptors (Lipinski definition) is 5. The zero-order chi connectivity index (χ0) is 12.7. The maximum absolute atomic E-state index is 11.2. The van der Waals surface area contributed by atoms with Gasteiger partial charge in [-0.05, 0) is 17.7 Å². The number of aliphatic hydroxyl groups excluding tert-OH is 1. The number of aliphatic hydroxyl groups is 1. The van der Waals surface area contributed by atoms with Crippen LogP contribution in [0, 0.1) is 0 Å². The van der Waals surface area contributed by atoms with E-state index in [0.29, 0.717) is 6.54 Å². The molecule has 1 aromatic carbocycles. The third-order valence-electron chi connectivity index (χ3n) is 2.38. The predicted octanol–water partition coefficient (Wildman–Crippen LogP) is 0.319. The lowest BCUT2D eigenvalue weighted by Gasteiger charge is -2.13. The summed E-state index contributed by atoms with van der Waals surface area (Å²) in [7, 11) is 2.90. The van der Waals surface area contributed by atoms with Gasteiger partial charge in [-0.15, -0.1) is 0 Å². The van der Waals surface area contributed by atoms with Crippen molar-refractivity contribution in [2.24, 2.45) is 0 Å². The zero-order valence-electron chi connectivity index (χ0n) is 9.97. The smallest absolute Gasteiger partial charge is 0.325 e. The van der Waals surface area contributed by atoms with Gasteiger partial charge in [0.25, 0.3) is 0 Å². The van der Waals surface area contributed by atoms with E-state index in [9.17, 15) is 4.79 Å². The number of hydrogen-bond donors (Lipinski definition) is 2. The number of rotatable bonds is 6. The van der Waals surface area contributed by atoms with Crippen molar-refractivity contribution in [3.63, 3.8) is 0 Å². The number of methoxy groups -OCH3 is 2. The SMILES string of the molecule is COC(=O)C(CO)NCc1ccc(OC)cc1. The van der Waals surface area contributed by atoms with Gasteiger partial charge in [0, 0.05) is 6.54 Å². The fourth-order valence-electron chi connectivity index (χ4n) is 1.35. The Bertz CT molecular complexity index is 350. The van der Waals surface area contributed by atoms with Crippen molar-refractivity contribution in [3.8, 4) is 5.75 Å². The molecule has 17 heavy (non-hydrogen) atoms. The van der Waals surface area contributed by atoms with Crippen LogP contribution >= 0.6 is 0 Å². The molecule has 0 fully saturated rings. The summed E-state index contributed by atoms with van der Waals surface area (Å²) in [5.74, 6) is 0.307. The van der Waals surface area contributed by atoms with E-state index < -0.39 is 12.0 Å². The summed E-state index contributed by atoms with van der Waals surface area (Å²) in [5.41, 5.74) is 0.994. The van der Waals surface area contributed by atoms with Crippen molar-refractivity contribution in [3.05, 3.63) is 29.8 Å². The molecule has 0 amide bonds. The molecule has 0 heterocycles. The van der Waals surface area contributed by atoms with Crippen molar-refractivity contribution in [1.82, 2.24) is 5.32 Å². The minimum absolute atomic E-state index is 0.289. The topological polar surface area (TPSA) is 67.8 Å². The summed E-state index contributed by atoms with van der Waals surface area (Å²) in [6.45, 7) is 0.188. The minimum atomic E-state index is -0.692. The molecular weight excluding hydrogens is 222 g/mol. The average Bonchev–Trinajstić information content (AvgIpc) is 2.39. The second kappa shape index (κ2) is 6.88. The van der Waals surface area contributed by atoms with E-state index in [2.05, 4.69) is 10.1 Å². The molecule has 0 spiro atoms. The molecule has 2 N–H and O–H groups in total. The fraction of sp³-hybridized carbons (Fsp3) is 0.417. The van der Waals surface area contributed by atoms with E-state index >= 15 is 0 Å². The Morgan fingerprint density at radius 1 is 1.35 bits per heavy atom. The lowest BCUT2D eigenvalue weighted by Crippen LogP contribution is -2.40. The highest BCUT2D eigenvalue weighted by Crippen LogP contribution is 2.11. The van der Waals surface area contributed by atoms with Crippen LogP contribution in [0.1, 0.15) is 5.56 Å². The zero-order valence-corrected chi connectivity index (χ0v) is 9.97. The molecule has 94 valence electrons. The molecule has 0 bridgehead atoms. The van der Waals surface area contributed by atoms with Crippen molar-refractivity contribution in [2.75, 3.05) is 20.8 Å². The quantitative estimate of drug-likeness (QED) is 0.700. The number of carbonyl (C=O) groups excluding carboxylic acids is 1. The molecule has 0 saturated heterocycles. The molecule has 0 saturated carbocycles. The Hall–Kier alpha value is -1.59. The van der Waals surface area contributed by atoms with Gasteiger partial charge in [0.05, 0.1) is 20.8 Å². The number of benzene rings is 1. The van der Waals surface area contributed by atoms with Crippen LogP contribution < -0.4 is 10.1 Å². The minimum Gasteiger partial charge on any atom is -0.497 e. The van der Waals surface area contributed by atoms with Crippen LogP contribution in [0.5, 0.6) is 5.75 Å². The second-order valence-electron chi connectivity index (χ2n) is 3.49. The second-order valence-corrected chi connectivity index (χ2v) is 3.49. The monoisotopic (exact) mass is 239 g/mol. The van der Waals surface area contributed by atoms with Crippen LogP contribution in [0.15, 0.2) is 24.3 Å². The van der Waals surface area contributed by atoms with Gasteiger partial charge in [-0.2, -0.15) is 0 Å². The lowest BCUT2D eigenvalue weighted by atomic mass is 10.2. The molecule has 5 heteroatoms. The van der Waals surface area contributed by atoms with E-state index in [-0.39, 0.29) is 6.61 Å². The molecule has 1 aromatic rings. The van der Waals surface area contributed by atoms with Crippen molar-refractivity contribution < 1.29 is 19.4 Å². The number of ether oxygens (including phenoxy) is 2. The third-order valence-corrected chi connectivity index (χ3v) is 2.38. The first-order valence-corrected chi connectivity index (χ1v) is 5.26. The van der Waals surface area contributed by atoms with Crippen molar-refractivity contribution in [2.45, 2.75) is 12.6 Å². The molecule has 1 atom stereocenters. The van der Waals surface area contributed by atoms with E-state index in [0.717, 1.165) is 11.3 Å². The molecule has 1 unspecified atom stereocenters. The summed E-state index contributed by atoms with van der Waals surface area (Å²) in [6.07, 6.45) is 0. The largest absolute Gasteiger partial charge is 0.497 e. The summed E-state index contributed by atoms with van der Waals surface area (Å²) in [4.78, 5) is 11.2. The van der Waals surface area contributed by atoms with Crippen LogP contribution in [0.25, 0.3) is 0 Å². The van der Waals surface area contributed by atoms with Crippen LogP contribution in [0.4, 0.5) is 0 Å². The molecule has 5 nitrogen and oxygen atoms in total. The average molecular weight is 239 g/mol. The van der Waals surface area contributed by atoms with E-state index in [1.165, 1.54) is 7.11 Å². The summed E-state index contributed by atoms with van der Waals surface area (Å²) in [5, 5.41) is 11.9. The Labute approximate surface area is 100 Å². The number of esters is 1. The van der Waals surface area contributed by atoms with Gasteiger partial charge in [-0.3, -0.25) is 10.1 Å². The van der Waals surface area contributed by atoms with Gasteiger partial charge in [0.15, 0.2) is 0 Å². The van der Waals surface area contributed by atoms with Crippen LogP contribution in [-0.4, -0.2) is 37.9 Å². The highest BCUT2D eigenvalue weighted by Gasteiger charge is 2.16. The normalized spacial score (nSPS) is 11.9. The summed E-state index contributed by atoms with van der Waals surface area (Å²) in [6, 6.07) is 6.75. The van der Waals surface area contributed by atoms with Gasteiger partial charge >= 0.3 is 5.97 Å². The van der Waals surface area contributed by atoms with E-state index in [1.807, 2.05) is 24.3 Å². The Morgan fingerprint density at radius 2 is 2.00 bits per heavy atom. The van der Waals surface area contributed by atoms with E-state index in [4.69, 9.17) is 9.84 Å². The van der Waals surface area contributed by atoms with Crippen molar-refractivity contribution in [1.29, 1.82) is 0 Å². The van der Waals surface area contributed by atoms with Gasteiger partial charge in [-0.1, -0.05) is 12.1 Å². The maximum atomic E-state index is 11.2. The molecule has 1 rings (SSSR count). The summed E-state index contributed by atoms with van der Waals surface area (Å²) >= 11 is 0. The highest BCUT2D eigenvalue weighted by atomic mass is 16.5. The van der Waals surface area contributed by atoms with Crippen molar-refractivity contribution >= 4 is 5.97 Å². The Kier molecular flexibility index (Phi) is 5.45. The van der Waals surface area contributed by atoms with Crippen LogP contribution in [0.2, 0.25) is 0 Å². The van der Waals surface area contributed by atoms with Gasteiger partial charge in [0.1, 0.15) is 11.8 Å². The lowest BCUT2D eigenvalue weighted by molar-refractivity contribution is -0.144. The first-order valence-electron chi connectivity index (χ1n) is 5.26. The van der Waals surface area contributed by atoms with E-state index in [1.54, 1.807) is 7.11 Å². The van der Waals surface area contributed by atoms with Crippen LogP contribution in [0.3, 0.4) is 0 Å². The maximum Gasteiger partial charge on any atom is 0.325 e. The molecular formula is C12H17NO4. The summed E-state index contributed by atoms with van der Waals surface area (Å²) < 4.78 is 9.58. The molecule has 0 aliphatic carbocycles. The third kappa shape index (κ3) is 4.05. The Balaban J connectivity index is 2.50. The molecule has 0 aliphatic rings. The molecule has 0 aromatic heterocycles. The van der Waals surface area contributed by atoms with Gasteiger partial charge in [-0.25, -0.2) is 0 Å². The fourth-order valence-corrected chi connectivity index (χ4v) is 1.35. The van der Waals surface area contributed by atoms with Gasteiger partial charge < -0.3 is 14.6 Å². The first kappa shape index (κ1) is 13.5. The molecule has 0 aliphatic heterocycles.